The van der Waals surface area contributed by atoms with Crippen molar-refractivity contribution in [2.75, 3.05) is 19.0 Å². The van der Waals surface area contributed by atoms with Crippen LogP contribution in [-0.2, 0) is 0 Å². The molecule has 0 saturated carbocycles. The molecule has 0 fully saturated rings. The van der Waals surface area contributed by atoms with E-state index in [1.165, 1.54) is 19.2 Å². The molecule has 0 heterocycles. The Hall–Kier alpha value is -1.51. The summed E-state index contributed by atoms with van der Waals surface area (Å²) >= 11 is 0. The standard InChI is InChI=1S/C12H16FNO/c1-3-4-5-8-14-11-7-6-10(13)9-12(11)15-2/h3,6-7,9,14H,1,4-5,8H2,2H3. The number of rotatable bonds is 6. The van der Waals surface area contributed by atoms with Gasteiger partial charge in [0.1, 0.15) is 11.6 Å². The average Bonchev–Trinajstić information content (AvgIpc) is 2.26. The second kappa shape index (κ2) is 6.06. The number of methoxy groups -OCH3 is 1. The average molecular weight is 209 g/mol. The van der Waals surface area contributed by atoms with Crippen LogP contribution in [0.15, 0.2) is 30.9 Å². The Labute approximate surface area is 89.8 Å². The van der Waals surface area contributed by atoms with Crippen molar-refractivity contribution in [1.29, 1.82) is 0 Å². The Morgan fingerprint density at radius 3 is 3.00 bits per heavy atom. The van der Waals surface area contributed by atoms with Crippen molar-refractivity contribution in [2.24, 2.45) is 0 Å². The first-order chi connectivity index (χ1) is 7.27. The third-order valence-corrected chi connectivity index (χ3v) is 2.06. The lowest BCUT2D eigenvalue weighted by Crippen LogP contribution is -2.02. The van der Waals surface area contributed by atoms with Crippen LogP contribution in [0.2, 0.25) is 0 Å². The summed E-state index contributed by atoms with van der Waals surface area (Å²) in [7, 11) is 1.53. The lowest BCUT2D eigenvalue weighted by atomic mass is 10.2. The van der Waals surface area contributed by atoms with Crippen molar-refractivity contribution >= 4 is 5.69 Å². The van der Waals surface area contributed by atoms with Gasteiger partial charge in [-0.1, -0.05) is 6.08 Å². The molecule has 0 aliphatic carbocycles. The Morgan fingerprint density at radius 1 is 1.53 bits per heavy atom. The number of nitrogens with one attached hydrogen (secondary N) is 1. The Bertz CT molecular complexity index is 325. The molecule has 0 aliphatic heterocycles. The fourth-order valence-electron chi connectivity index (χ4n) is 1.28. The maximum atomic E-state index is 12.9. The zero-order valence-electron chi connectivity index (χ0n) is 8.92. The minimum absolute atomic E-state index is 0.288. The number of ether oxygens (including phenoxy) is 1. The van der Waals surface area contributed by atoms with Crippen LogP contribution in [0.5, 0.6) is 5.75 Å². The van der Waals surface area contributed by atoms with Gasteiger partial charge < -0.3 is 10.1 Å². The lowest BCUT2D eigenvalue weighted by Gasteiger charge is -2.10. The quantitative estimate of drug-likeness (QED) is 0.573. The highest BCUT2D eigenvalue weighted by molar-refractivity contribution is 5.56. The molecule has 0 radical (unpaired) electrons. The molecule has 0 bridgehead atoms. The van der Waals surface area contributed by atoms with Gasteiger partial charge in [-0.15, -0.1) is 6.58 Å². The molecule has 1 aromatic carbocycles. The van der Waals surface area contributed by atoms with Crippen molar-refractivity contribution in [3.05, 3.63) is 36.7 Å². The van der Waals surface area contributed by atoms with Gasteiger partial charge in [-0.05, 0) is 25.0 Å². The van der Waals surface area contributed by atoms with E-state index in [-0.39, 0.29) is 5.82 Å². The van der Waals surface area contributed by atoms with Crippen LogP contribution in [0, 0.1) is 5.82 Å². The molecule has 2 nitrogen and oxygen atoms in total. The zero-order chi connectivity index (χ0) is 11.1. The van der Waals surface area contributed by atoms with Gasteiger partial charge in [0.05, 0.1) is 12.8 Å². The topological polar surface area (TPSA) is 21.3 Å². The monoisotopic (exact) mass is 209 g/mol. The highest BCUT2D eigenvalue weighted by Gasteiger charge is 2.02. The Kier molecular flexibility index (Phi) is 4.68. The Morgan fingerprint density at radius 2 is 2.33 bits per heavy atom. The molecule has 1 aromatic rings. The second-order valence-corrected chi connectivity index (χ2v) is 3.20. The van der Waals surface area contributed by atoms with E-state index in [2.05, 4.69) is 11.9 Å². The summed E-state index contributed by atoms with van der Waals surface area (Å²) in [5, 5.41) is 3.19. The Balaban J connectivity index is 2.55. The first-order valence-electron chi connectivity index (χ1n) is 4.96. The molecule has 15 heavy (non-hydrogen) atoms. The van der Waals surface area contributed by atoms with Crippen LogP contribution < -0.4 is 10.1 Å². The molecule has 1 N–H and O–H groups in total. The number of unbranched alkanes of at least 4 members (excludes halogenated alkanes) is 1. The number of halogens is 1. The van der Waals surface area contributed by atoms with E-state index < -0.39 is 0 Å². The SMILES string of the molecule is C=CCCCNc1ccc(F)cc1OC. The fraction of sp³-hybridized carbons (Fsp3) is 0.333. The number of anilines is 1. The summed E-state index contributed by atoms with van der Waals surface area (Å²) < 4.78 is 17.9. The van der Waals surface area contributed by atoms with Gasteiger partial charge in [-0.25, -0.2) is 4.39 Å². The molecule has 0 aromatic heterocycles. The molecule has 0 atom stereocenters. The van der Waals surface area contributed by atoms with E-state index in [1.54, 1.807) is 6.07 Å². The molecule has 82 valence electrons. The molecule has 0 unspecified atom stereocenters. The molecule has 0 saturated heterocycles. The summed E-state index contributed by atoms with van der Waals surface area (Å²) in [5.41, 5.74) is 0.822. The van der Waals surface area contributed by atoms with Gasteiger partial charge >= 0.3 is 0 Å². The normalized spacial score (nSPS) is 9.73. The summed E-state index contributed by atoms with van der Waals surface area (Å²) in [4.78, 5) is 0. The van der Waals surface area contributed by atoms with E-state index in [9.17, 15) is 4.39 Å². The number of hydrogen-bond acceptors (Lipinski definition) is 2. The maximum absolute atomic E-state index is 12.9. The predicted octanol–water partition coefficient (Wildman–Crippen LogP) is 3.21. The van der Waals surface area contributed by atoms with Crippen molar-refractivity contribution in [2.45, 2.75) is 12.8 Å². The van der Waals surface area contributed by atoms with Gasteiger partial charge in [-0.2, -0.15) is 0 Å². The highest BCUT2D eigenvalue weighted by Crippen LogP contribution is 2.24. The maximum Gasteiger partial charge on any atom is 0.144 e. The largest absolute Gasteiger partial charge is 0.494 e. The first-order valence-corrected chi connectivity index (χ1v) is 4.96. The van der Waals surface area contributed by atoms with Crippen LogP contribution in [0.1, 0.15) is 12.8 Å². The van der Waals surface area contributed by atoms with Crippen LogP contribution in [0.4, 0.5) is 10.1 Å². The summed E-state index contributed by atoms with van der Waals surface area (Å²) in [6.45, 7) is 4.48. The molecule has 0 amide bonds. The van der Waals surface area contributed by atoms with Gasteiger partial charge in [0.2, 0.25) is 0 Å². The minimum atomic E-state index is -0.288. The van der Waals surface area contributed by atoms with E-state index in [0.29, 0.717) is 5.75 Å². The van der Waals surface area contributed by atoms with Crippen LogP contribution in [0.3, 0.4) is 0 Å². The first kappa shape index (κ1) is 11.6. The van der Waals surface area contributed by atoms with E-state index in [0.717, 1.165) is 25.1 Å². The van der Waals surface area contributed by atoms with Gasteiger partial charge in [0, 0.05) is 12.6 Å². The van der Waals surface area contributed by atoms with E-state index in [1.807, 2.05) is 6.08 Å². The molecular weight excluding hydrogens is 193 g/mol. The molecular formula is C12H16FNO. The molecule has 0 spiro atoms. The molecule has 0 aliphatic rings. The van der Waals surface area contributed by atoms with E-state index in [4.69, 9.17) is 4.74 Å². The van der Waals surface area contributed by atoms with Crippen molar-refractivity contribution in [1.82, 2.24) is 0 Å². The van der Waals surface area contributed by atoms with Gasteiger partial charge in [-0.3, -0.25) is 0 Å². The van der Waals surface area contributed by atoms with Crippen LogP contribution in [-0.4, -0.2) is 13.7 Å². The fourth-order valence-corrected chi connectivity index (χ4v) is 1.28. The lowest BCUT2D eigenvalue weighted by molar-refractivity contribution is 0.413. The van der Waals surface area contributed by atoms with Gasteiger partial charge in [0.25, 0.3) is 0 Å². The van der Waals surface area contributed by atoms with Crippen LogP contribution in [0.25, 0.3) is 0 Å². The predicted molar refractivity (Wildman–Crippen MR) is 60.9 cm³/mol. The molecule has 3 heteroatoms. The molecule has 1 rings (SSSR count). The smallest absolute Gasteiger partial charge is 0.144 e. The minimum Gasteiger partial charge on any atom is -0.494 e. The summed E-state index contributed by atoms with van der Waals surface area (Å²) in [6.07, 6.45) is 3.85. The second-order valence-electron chi connectivity index (χ2n) is 3.20. The summed E-state index contributed by atoms with van der Waals surface area (Å²) in [5.74, 6) is 0.247. The zero-order valence-corrected chi connectivity index (χ0v) is 8.92. The summed E-state index contributed by atoms with van der Waals surface area (Å²) in [6, 6.07) is 4.47. The van der Waals surface area contributed by atoms with Crippen molar-refractivity contribution < 1.29 is 9.13 Å². The highest BCUT2D eigenvalue weighted by atomic mass is 19.1. The number of benzene rings is 1. The number of allylic oxidation sites excluding steroid dienone is 1. The van der Waals surface area contributed by atoms with Crippen LogP contribution >= 0.6 is 0 Å². The van der Waals surface area contributed by atoms with Crippen molar-refractivity contribution in [3.8, 4) is 5.75 Å². The third-order valence-electron chi connectivity index (χ3n) is 2.06. The third kappa shape index (κ3) is 3.62. The van der Waals surface area contributed by atoms with E-state index >= 15 is 0 Å². The van der Waals surface area contributed by atoms with Gasteiger partial charge in [0.15, 0.2) is 0 Å². The van der Waals surface area contributed by atoms with Crippen molar-refractivity contribution in [3.63, 3.8) is 0 Å². The number of hydrogen-bond donors (Lipinski definition) is 1.